The Bertz CT molecular complexity index is 581. The zero-order valence-electron chi connectivity index (χ0n) is 15.0. The molecule has 0 aliphatic carbocycles. The summed E-state index contributed by atoms with van der Waals surface area (Å²) in [6.45, 7) is 7.82. The highest BCUT2D eigenvalue weighted by atomic mass is 16.5. The van der Waals surface area contributed by atoms with E-state index in [-0.39, 0.29) is 12.5 Å². The summed E-state index contributed by atoms with van der Waals surface area (Å²) in [5, 5.41) is 11.8. The van der Waals surface area contributed by atoms with Crippen molar-refractivity contribution < 1.29 is 24.2 Å². The van der Waals surface area contributed by atoms with Crippen LogP contribution < -0.4 is 14.8 Å². The Balaban J connectivity index is 2.87. The Labute approximate surface area is 143 Å². The number of carbonyl (C=O) groups excluding carboxylic acids is 1. The topological polar surface area (TPSA) is 84.9 Å². The number of carboxylic acids is 1. The molecule has 6 heteroatoms. The van der Waals surface area contributed by atoms with Gasteiger partial charge in [-0.15, -0.1) is 0 Å². The number of carbonyl (C=O) groups is 2. The molecule has 1 aromatic rings. The number of hydrogen-bond donors (Lipinski definition) is 2. The molecule has 0 aliphatic rings. The summed E-state index contributed by atoms with van der Waals surface area (Å²) in [5.41, 5.74) is -0.679. The van der Waals surface area contributed by atoms with Crippen molar-refractivity contribution in [2.75, 3.05) is 20.3 Å². The highest BCUT2D eigenvalue weighted by Gasteiger charge is 2.28. The van der Waals surface area contributed by atoms with Gasteiger partial charge in [-0.25, -0.2) is 0 Å². The van der Waals surface area contributed by atoms with Gasteiger partial charge in [0.05, 0.1) is 24.7 Å². The first kappa shape index (κ1) is 19.8. The monoisotopic (exact) mass is 337 g/mol. The van der Waals surface area contributed by atoms with Gasteiger partial charge in [-0.2, -0.15) is 0 Å². The van der Waals surface area contributed by atoms with E-state index in [0.717, 1.165) is 6.42 Å². The van der Waals surface area contributed by atoms with Crippen molar-refractivity contribution in [1.29, 1.82) is 0 Å². The van der Waals surface area contributed by atoms with E-state index in [4.69, 9.17) is 14.6 Å². The molecule has 0 radical (unpaired) electrons. The minimum absolute atomic E-state index is 0.0264. The summed E-state index contributed by atoms with van der Waals surface area (Å²) in [5.74, 6) is 0.180. The van der Waals surface area contributed by atoms with Crippen LogP contribution in [0.15, 0.2) is 18.2 Å². The van der Waals surface area contributed by atoms with Crippen molar-refractivity contribution in [3.05, 3.63) is 23.8 Å². The highest BCUT2D eigenvalue weighted by Crippen LogP contribution is 2.25. The lowest BCUT2D eigenvalue weighted by atomic mass is 9.94. The van der Waals surface area contributed by atoms with Crippen LogP contribution in [0.5, 0.6) is 11.5 Å². The predicted octanol–water partition coefficient (Wildman–Crippen LogP) is 2.96. The summed E-state index contributed by atoms with van der Waals surface area (Å²) >= 11 is 0. The van der Waals surface area contributed by atoms with E-state index in [9.17, 15) is 9.59 Å². The van der Waals surface area contributed by atoms with Gasteiger partial charge in [0.2, 0.25) is 0 Å². The average molecular weight is 337 g/mol. The minimum Gasteiger partial charge on any atom is -0.497 e. The maximum atomic E-state index is 12.4. The van der Waals surface area contributed by atoms with E-state index < -0.39 is 11.4 Å². The number of rotatable bonds is 9. The Hall–Kier alpha value is -2.24. The fraction of sp³-hybridized carbons (Fsp3) is 0.556. The lowest BCUT2D eigenvalue weighted by molar-refractivity contribution is -0.146. The van der Waals surface area contributed by atoms with Gasteiger partial charge in [-0.05, 0) is 38.3 Å². The third-order valence-electron chi connectivity index (χ3n) is 3.66. The maximum Gasteiger partial charge on any atom is 0.310 e. The molecule has 0 unspecified atom stereocenters. The molecule has 0 fully saturated rings. The molecule has 0 saturated heterocycles. The van der Waals surface area contributed by atoms with Crippen molar-refractivity contribution in [3.63, 3.8) is 0 Å². The largest absolute Gasteiger partial charge is 0.497 e. The van der Waals surface area contributed by atoms with E-state index in [0.29, 0.717) is 29.6 Å². The molecule has 0 saturated carbocycles. The molecule has 1 amide bonds. The maximum absolute atomic E-state index is 12.4. The molecule has 0 bridgehead atoms. The smallest absolute Gasteiger partial charge is 0.310 e. The Morgan fingerprint density at radius 3 is 2.50 bits per heavy atom. The third-order valence-corrected chi connectivity index (χ3v) is 3.66. The SMILES string of the molecule is COc1ccc(C(=O)NCC(C)(C)C(=O)O)c(OCCC(C)C)c1. The van der Waals surface area contributed by atoms with Crippen molar-refractivity contribution >= 4 is 11.9 Å². The van der Waals surface area contributed by atoms with Gasteiger partial charge in [0.1, 0.15) is 11.5 Å². The average Bonchev–Trinajstić information content (AvgIpc) is 2.52. The highest BCUT2D eigenvalue weighted by molar-refractivity contribution is 5.97. The van der Waals surface area contributed by atoms with Crippen LogP contribution in [0.2, 0.25) is 0 Å². The summed E-state index contributed by atoms with van der Waals surface area (Å²) in [6.07, 6.45) is 0.865. The zero-order chi connectivity index (χ0) is 18.3. The Morgan fingerprint density at radius 1 is 1.29 bits per heavy atom. The van der Waals surface area contributed by atoms with Crippen LogP contribution in [0, 0.1) is 11.3 Å². The molecule has 24 heavy (non-hydrogen) atoms. The van der Waals surface area contributed by atoms with E-state index in [1.165, 1.54) is 0 Å². The van der Waals surface area contributed by atoms with E-state index >= 15 is 0 Å². The molecule has 6 nitrogen and oxygen atoms in total. The molecular formula is C18H27NO5. The minimum atomic E-state index is -1.04. The molecule has 0 heterocycles. The predicted molar refractivity (Wildman–Crippen MR) is 91.7 cm³/mol. The molecule has 0 aromatic heterocycles. The summed E-state index contributed by atoms with van der Waals surface area (Å²) < 4.78 is 10.9. The van der Waals surface area contributed by atoms with Gasteiger partial charge in [-0.3, -0.25) is 9.59 Å². The molecule has 0 aliphatic heterocycles. The number of nitrogens with one attached hydrogen (secondary N) is 1. The molecule has 2 N–H and O–H groups in total. The first-order valence-electron chi connectivity index (χ1n) is 8.00. The van der Waals surface area contributed by atoms with Crippen molar-refractivity contribution in [2.45, 2.75) is 34.1 Å². The normalized spacial score (nSPS) is 11.2. The summed E-state index contributed by atoms with van der Waals surface area (Å²) in [7, 11) is 1.54. The van der Waals surface area contributed by atoms with Crippen LogP contribution in [-0.2, 0) is 4.79 Å². The van der Waals surface area contributed by atoms with E-state index in [1.54, 1.807) is 39.2 Å². The fourth-order valence-corrected chi connectivity index (χ4v) is 1.81. The number of amides is 1. The van der Waals surface area contributed by atoms with Gasteiger partial charge in [0.15, 0.2) is 0 Å². The number of hydrogen-bond acceptors (Lipinski definition) is 4. The summed E-state index contributed by atoms with van der Waals surface area (Å²) in [6, 6.07) is 4.96. The first-order chi connectivity index (χ1) is 11.2. The van der Waals surface area contributed by atoms with Crippen LogP contribution in [0.1, 0.15) is 44.5 Å². The molecular weight excluding hydrogens is 310 g/mol. The number of ether oxygens (including phenoxy) is 2. The van der Waals surface area contributed by atoms with Crippen molar-refractivity contribution in [3.8, 4) is 11.5 Å². The van der Waals surface area contributed by atoms with Crippen LogP contribution >= 0.6 is 0 Å². The number of benzene rings is 1. The van der Waals surface area contributed by atoms with Crippen LogP contribution in [0.25, 0.3) is 0 Å². The molecule has 1 rings (SSSR count). The van der Waals surface area contributed by atoms with Crippen molar-refractivity contribution in [2.24, 2.45) is 11.3 Å². The van der Waals surface area contributed by atoms with Crippen LogP contribution in [0.3, 0.4) is 0 Å². The van der Waals surface area contributed by atoms with Crippen molar-refractivity contribution in [1.82, 2.24) is 5.32 Å². The Kier molecular flexibility index (Phi) is 7.07. The second-order valence-electron chi connectivity index (χ2n) is 6.76. The standard InChI is InChI=1S/C18H27NO5/c1-12(2)8-9-24-15-10-13(23-5)6-7-14(15)16(20)19-11-18(3,4)17(21)22/h6-7,10,12H,8-9,11H2,1-5H3,(H,19,20)(H,21,22). The number of aliphatic carboxylic acids is 1. The fourth-order valence-electron chi connectivity index (χ4n) is 1.81. The van der Waals surface area contributed by atoms with Gasteiger partial charge >= 0.3 is 5.97 Å². The molecule has 134 valence electrons. The van der Waals surface area contributed by atoms with Gasteiger partial charge in [0, 0.05) is 12.6 Å². The molecule has 0 atom stereocenters. The second-order valence-corrected chi connectivity index (χ2v) is 6.76. The Morgan fingerprint density at radius 2 is 1.96 bits per heavy atom. The van der Waals surface area contributed by atoms with Crippen LogP contribution in [0.4, 0.5) is 0 Å². The first-order valence-corrected chi connectivity index (χ1v) is 8.00. The van der Waals surface area contributed by atoms with Gasteiger partial charge < -0.3 is 19.9 Å². The molecule has 0 spiro atoms. The molecule has 1 aromatic carbocycles. The third kappa shape index (κ3) is 5.76. The van der Waals surface area contributed by atoms with E-state index in [1.807, 2.05) is 0 Å². The number of methoxy groups -OCH3 is 1. The lowest BCUT2D eigenvalue weighted by Crippen LogP contribution is -2.39. The van der Waals surface area contributed by atoms with Crippen LogP contribution in [-0.4, -0.2) is 37.2 Å². The van der Waals surface area contributed by atoms with Gasteiger partial charge in [0.25, 0.3) is 5.91 Å². The quantitative estimate of drug-likeness (QED) is 0.723. The number of carboxylic acid groups (broad SMARTS) is 1. The second kappa shape index (κ2) is 8.57. The lowest BCUT2D eigenvalue weighted by Gasteiger charge is -2.20. The van der Waals surface area contributed by atoms with Gasteiger partial charge in [-0.1, -0.05) is 13.8 Å². The summed E-state index contributed by atoms with van der Waals surface area (Å²) in [4.78, 5) is 23.5. The zero-order valence-corrected chi connectivity index (χ0v) is 15.0. The van der Waals surface area contributed by atoms with E-state index in [2.05, 4.69) is 19.2 Å².